The van der Waals surface area contributed by atoms with E-state index in [0.29, 0.717) is 6.42 Å². The molecule has 0 amide bonds. The normalized spacial score (nSPS) is 9.82. The summed E-state index contributed by atoms with van der Waals surface area (Å²) in [5.74, 6) is 4.32. The van der Waals surface area contributed by atoms with Crippen LogP contribution in [0.1, 0.15) is 26.2 Å². The highest BCUT2D eigenvalue weighted by Gasteiger charge is 2.46. The monoisotopic (exact) mass is 238 g/mol. The van der Waals surface area contributed by atoms with Gasteiger partial charge >= 0.3 is 11.9 Å². The SMILES string of the molecule is C=CCC(CC#CCC)(C(=O)OC)C(=O)OC. The fourth-order valence-electron chi connectivity index (χ4n) is 1.44. The van der Waals surface area contributed by atoms with Crippen molar-refractivity contribution >= 4 is 11.9 Å². The first kappa shape index (κ1) is 15.2. The van der Waals surface area contributed by atoms with Gasteiger partial charge in [0.1, 0.15) is 0 Å². The molecular weight excluding hydrogens is 220 g/mol. The highest BCUT2D eigenvalue weighted by molar-refractivity contribution is 6.00. The number of ether oxygens (including phenoxy) is 2. The Labute approximate surface area is 102 Å². The minimum Gasteiger partial charge on any atom is -0.468 e. The lowest BCUT2D eigenvalue weighted by Gasteiger charge is -2.24. The van der Waals surface area contributed by atoms with Crippen molar-refractivity contribution in [2.24, 2.45) is 5.41 Å². The van der Waals surface area contributed by atoms with Gasteiger partial charge in [0.05, 0.1) is 14.2 Å². The van der Waals surface area contributed by atoms with E-state index in [4.69, 9.17) is 0 Å². The molecule has 0 bridgehead atoms. The van der Waals surface area contributed by atoms with Crippen LogP contribution in [-0.4, -0.2) is 26.2 Å². The molecule has 0 aromatic rings. The van der Waals surface area contributed by atoms with Crippen LogP contribution >= 0.6 is 0 Å². The van der Waals surface area contributed by atoms with Crippen LogP contribution in [0.5, 0.6) is 0 Å². The van der Waals surface area contributed by atoms with Gasteiger partial charge in [0.2, 0.25) is 0 Å². The second-order valence-electron chi connectivity index (χ2n) is 3.44. The third kappa shape index (κ3) is 3.63. The molecular formula is C13H18O4. The van der Waals surface area contributed by atoms with E-state index in [1.807, 2.05) is 6.92 Å². The first-order chi connectivity index (χ1) is 8.08. The fraction of sp³-hybridized carbons (Fsp3) is 0.538. The molecule has 0 aliphatic carbocycles. The zero-order valence-corrected chi connectivity index (χ0v) is 10.5. The average Bonchev–Trinajstić information content (AvgIpc) is 2.35. The standard InChI is InChI=1S/C13H18O4/c1-5-7-8-10-13(9-6-2,11(14)16-3)12(15)17-4/h6H,2,5,9-10H2,1,3-4H3. The molecule has 0 N–H and O–H groups in total. The quantitative estimate of drug-likeness (QED) is 0.316. The molecule has 0 aromatic carbocycles. The molecule has 17 heavy (non-hydrogen) atoms. The Morgan fingerprint density at radius 3 is 2.12 bits per heavy atom. The van der Waals surface area contributed by atoms with Crippen molar-refractivity contribution in [3.05, 3.63) is 12.7 Å². The van der Waals surface area contributed by atoms with Gasteiger partial charge in [-0.25, -0.2) is 0 Å². The van der Waals surface area contributed by atoms with Gasteiger partial charge in [-0.15, -0.1) is 18.4 Å². The van der Waals surface area contributed by atoms with Crippen molar-refractivity contribution < 1.29 is 19.1 Å². The Morgan fingerprint density at radius 1 is 1.24 bits per heavy atom. The molecule has 0 atom stereocenters. The largest absolute Gasteiger partial charge is 0.468 e. The second kappa shape index (κ2) is 7.50. The molecule has 0 rings (SSSR count). The van der Waals surface area contributed by atoms with Crippen LogP contribution in [0.3, 0.4) is 0 Å². The Kier molecular flexibility index (Phi) is 6.73. The van der Waals surface area contributed by atoms with Crippen LogP contribution in [0.2, 0.25) is 0 Å². The summed E-state index contributed by atoms with van der Waals surface area (Å²) in [6.07, 6.45) is 2.37. The summed E-state index contributed by atoms with van der Waals surface area (Å²) in [7, 11) is 2.47. The maximum Gasteiger partial charge on any atom is 0.324 e. The zero-order chi connectivity index (χ0) is 13.3. The van der Waals surface area contributed by atoms with Gasteiger partial charge in [0, 0.05) is 12.8 Å². The molecule has 0 spiro atoms. The van der Waals surface area contributed by atoms with E-state index < -0.39 is 17.4 Å². The van der Waals surface area contributed by atoms with E-state index in [9.17, 15) is 9.59 Å². The molecule has 0 radical (unpaired) electrons. The zero-order valence-electron chi connectivity index (χ0n) is 10.5. The Hall–Kier alpha value is -1.76. The fourth-order valence-corrected chi connectivity index (χ4v) is 1.44. The van der Waals surface area contributed by atoms with Crippen LogP contribution in [-0.2, 0) is 19.1 Å². The number of esters is 2. The smallest absolute Gasteiger partial charge is 0.324 e. The Morgan fingerprint density at radius 2 is 1.76 bits per heavy atom. The van der Waals surface area contributed by atoms with Gasteiger partial charge in [0.25, 0.3) is 0 Å². The summed E-state index contributed by atoms with van der Waals surface area (Å²) in [5.41, 5.74) is -1.40. The van der Waals surface area contributed by atoms with Gasteiger partial charge in [0.15, 0.2) is 5.41 Å². The predicted octanol–water partition coefficient (Wildman–Crippen LogP) is 1.70. The van der Waals surface area contributed by atoms with E-state index >= 15 is 0 Å². The van der Waals surface area contributed by atoms with Crippen molar-refractivity contribution in [2.75, 3.05) is 14.2 Å². The number of rotatable bonds is 5. The maximum atomic E-state index is 11.8. The number of hydrogen-bond acceptors (Lipinski definition) is 4. The van der Waals surface area contributed by atoms with E-state index in [0.717, 1.165) is 0 Å². The van der Waals surface area contributed by atoms with Gasteiger partial charge < -0.3 is 9.47 Å². The number of methoxy groups -OCH3 is 2. The van der Waals surface area contributed by atoms with Gasteiger partial charge in [-0.2, -0.15) is 0 Å². The molecule has 0 aromatic heterocycles. The number of carbonyl (C=O) groups is 2. The third-order valence-electron chi connectivity index (χ3n) is 2.34. The summed E-state index contributed by atoms with van der Waals surface area (Å²) in [6, 6.07) is 0. The predicted molar refractivity (Wildman–Crippen MR) is 64.0 cm³/mol. The van der Waals surface area contributed by atoms with Crippen molar-refractivity contribution in [3.63, 3.8) is 0 Å². The molecule has 94 valence electrons. The maximum absolute atomic E-state index is 11.8. The van der Waals surface area contributed by atoms with Gasteiger partial charge in [-0.1, -0.05) is 13.0 Å². The molecule has 0 saturated heterocycles. The van der Waals surface area contributed by atoms with Crippen LogP contribution < -0.4 is 0 Å². The molecule has 0 saturated carbocycles. The highest BCUT2D eigenvalue weighted by Crippen LogP contribution is 2.30. The van der Waals surface area contributed by atoms with Crippen molar-refractivity contribution in [1.82, 2.24) is 0 Å². The van der Waals surface area contributed by atoms with Gasteiger partial charge in [-0.05, 0) is 6.42 Å². The van der Waals surface area contributed by atoms with E-state index in [1.165, 1.54) is 20.3 Å². The molecule has 0 aliphatic rings. The van der Waals surface area contributed by atoms with E-state index in [2.05, 4.69) is 27.9 Å². The molecule has 0 fully saturated rings. The molecule has 0 unspecified atom stereocenters. The highest BCUT2D eigenvalue weighted by atomic mass is 16.5. The van der Waals surface area contributed by atoms with Crippen LogP contribution in [0.15, 0.2) is 12.7 Å². The first-order valence-corrected chi connectivity index (χ1v) is 5.32. The lowest BCUT2D eigenvalue weighted by atomic mass is 9.81. The number of hydrogen-bond donors (Lipinski definition) is 0. The van der Waals surface area contributed by atoms with Crippen molar-refractivity contribution in [2.45, 2.75) is 26.2 Å². The summed E-state index contributed by atoms with van der Waals surface area (Å²) in [5, 5.41) is 0. The molecule has 4 heteroatoms. The van der Waals surface area contributed by atoms with Gasteiger partial charge in [-0.3, -0.25) is 9.59 Å². The van der Waals surface area contributed by atoms with Crippen molar-refractivity contribution in [1.29, 1.82) is 0 Å². The summed E-state index contributed by atoms with van der Waals surface area (Å²) < 4.78 is 9.33. The second-order valence-corrected chi connectivity index (χ2v) is 3.44. The van der Waals surface area contributed by atoms with Crippen LogP contribution in [0.4, 0.5) is 0 Å². The van der Waals surface area contributed by atoms with E-state index in [1.54, 1.807) is 0 Å². The minimum atomic E-state index is -1.40. The lowest BCUT2D eigenvalue weighted by molar-refractivity contribution is -0.168. The molecule has 0 heterocycles. The lowest BCUT2D eigenvalue weighted by Crippen LogP contribution is -2.40. The summed E-state index contributed by atoms with van der Waals surface area (Å²) >= 11 is 0. The minimum absolute atomic E-state index is 0.0756. The Bertz CT molecular complexity index is 330. The number of allylic oxidation sites excluding steroid dienone is 1. The topological polar surface area (TPSA) is 52.6 Å². The summed E-state index contributed by atoms with van der Waals surface area (Å²) in [4.78, 5) is 23.6. The Balaban J connectivity index is 5.30. The average molecular weight is 238 g/mol. The van der Waals surface area contributed by atoms with Crippen LogP contribution in [0.25, 0.3) is 0 Å². The molecule has 4 nitrogen and oxygen atoms in total. The third-order valence-corrected chi connectivity index (χ3v) is 2.34. The summed E-state index contributed by atoms with van der Waals surface area (Å²) in [6.45, 7) is 5.43. The van der Waals surface area contributed by atoms with Crippen molar-refractivity contribution in [3.8, 4) is 11.8 Å². The first-order valence-electron chi connectivity index (χ1n) is 5.32. The number of carbonyl (C=O) groups excluding carboxylic acids is 2. The van der Waals surface area contributed by atoms with Crippen LogP contribution in [0, 0.1) is 17.3 Å². The van der Waals surface area contributed by atoms with E-state index in [-0.39, 0.29) is 12.8 Å². The molecule has 0 aliphatic heterocycles.